The summed E-state index contributed by atoms with van der Waals surface area (Å²) in [6.07, 6.45) is 3.40. The number of nitrogens with zero attached hydrogens (tertiary/aromatic N) is 6. The summed E-state index contributed by atoms with van der Waals surface area (Å²) in [6, 6.07) is 10.1. The maximum absolute atomic E-state index is 9.09. The first kappa shape index (κ1) is 19.0. The van der Waals surface area contributed by atoms with Gasteiger partial charge < -0.3 is 5.32 Å². The van der Waals surface area contributed by atoms with Crippen LogP contribution in [0.1, 0.15) is 44.2 Å². The van der Waals surface area contributed by atoms with Gasteiger partial charge >= 0.3 is 0 Å². The Kier molecular flexibility index (Phi) is 4.99. The molecule has 29 heavy (non-hydrogen) atoms. The molecular weight excluding hydrogens is 382 g/mol. The zero-order chi connectivity index (χ0) is 20.5. The van der Waals surface area contributed by atoms with Crippen LogP contribution in [0.5, 0.6) is 0 Å². The highest BCUT2D eigenvalue weighted by molar-refractivity contribution is 7.14. The number of nitrogens with one attached hydrogen (secondary N) is 1. The first-order chi connectivity index (χ1) is 14.0. The van der Waals surface area contributed by atoms with Gasteiger partial charge in [-0.15, -0.1) is 10.2 Å². The number of fused-ring (bicyclic) bond motifs is 1. The van der Waals surface area contributed by atoms with Crippen molar-refractivity contribution in [2.45, 2.75) is 39.7 Å². The van der Waals surface area contributed by atoms with Crippen molar-refractivity contribution in [3.05, 3.63) is 47.2 Å². The topological polar surface area (TPSA) is 91.8 Å². The van der Waals surface area contributed by atoms with Crippen molar-refractivity contribution in [2.75, 3.05) is 5.32 Å². The summed E-state index contributed by atoms with van der Waals surface area (Å²) in [6.45, 7) is 8.42. The first-order valence-corrected chi connectivity index (χ1v) is 10.3. The van der Waals surface area contributed by atoms with E-state index in [9.17, 15) is 0 Å². The van der Waals surface area contributed by atoms with Crippen LogP contribution in [0.25, 0.3) is 27.5 Å². The zero-order valence-corrected chi connectivity index (χ0v) is 17.5. The molecule has 4 heterocycles. The van der Waals surface area contributed by atoms with Gasteiger partial charge in [0.25, 0.3) is 0 Å². The maximum atomic E-state index is 9.09. The summed E-state index contributed by atoms with van der Waals surface area (Å²) in [5.74, 6) is 0.339. The molecular formula is C21H21N7S. The molecule has 0 saturated heterocycles. The standard InChI is InChI=1S/C21H21N7S/c1-12(2)20-26-27-21(29-20)16-11-23-18(8-17(16)25-13(3)4)19-6-5-15-7-14(9-22)10-24-28(15)19/h5-8,10-13H,1-4H3,(H,23,25). The highest BCUT2D eigenvalue weighted by Crippen LogP contribution is 2.34. The minimum Gasteiger partial charge on any atom is -0.382 e. The third-order valence-electron chi connectivity index (χ3n) is 4.41. The van der Waals surface area contributed by atoms with Crippen LogP contribution in [0.2, 0.25) is 0 Å². The van der Waals surface area contributed by atoms with E-state index in [1.54, 1.807) is 22.0 Å². The minimum atomic E-state index is 0.252. The SMILES string of the molecule is CC(C)Nc1cc(-c2ccc3cc(C#N)cnn23)ncc1-c1nnc(C(C)C)s1. The number of rotatable bonds is 5. The van der Waals surface area contributed by atoms with Crippen LogP contribution in [0.4, 0.5) is 5.69 Å². The van der Waals surface area contributed by atoms with Crippen LogP contribution >= 0.6 is 11.3 Å². The molecule has 0 aliphatic rings. The van der Waals surface area contributed by atoms with E-state index in [1.807, 2.05) is 30.5 Å². The molecule has 146 valence electrons. The van der Waals surface area contributed by atoms with Crippen LogP contribution in [0.3, 0.4) is 0 Å². The van der Waals surface area contributed by atoms with Crippen molar-refractivity contribution in [1.29, 1.82) is 5.26 Å². The van der Waals surface area contributed by atoms with E-state index in [1.165, 1.54) is 0 Å². The quantitative estimate of drug-likeness (QED) is 0.518. The molecule has 0 aromatic carbocycles. The summed E-state index contributed by atoms with van der Waals surface area (Å²) in [7, 11) is 0. The van der Waals surface area contributed by atoms with Gasteiger partial charge in [0.2, 0.25) is 0 Å². The van der Waals surface area contributed by atoms with Crippen molar-refractivity contribution in [3.63, 3.8) is 0 Å². The molecule has 7 nitrogen and oxygen atoms in total. The van der Waals surface area contributed by atoms with Gasteiger partial charge in [0.1, 0.15) is 11.1 Å². The van der Waals surface area contributed by atoms with Gasteiger partial charge in [0.05, 0.1) is 34.2 Å². The summed E-state index contributed by atoms with van der Waals surface area (Å²) < 4.78 is 1.80. The Morgan fingerprint density at radius 2 is 1.93 bits per heavy atom. The predicted octanol–water partition coefficient (Wildman–Crippen LogP) is 4.73. The Morgan fingerprint density at radius 3 is 2.62 bits per heavy atom. The molecule has 0 radical (unpaired) electrons. The number of aromatic nitrogens is 5. The zero-order valence-electron chi connectivity index (χ0n) is 16.7. The molecule has 0 aliphatic heterocycles. The van der Waals surface area contributed by atoms with E-state index < -0.39 is 0 Å². The average molecular weight is 404 g/mol. The predicted molar refractivity (Wildman–Crippen MR) is 115 cm³/mol. The van der Waals surface area contributed by atoms with Crippen LogP contribution in [0.15, 0.2) is 36.7 Å². The maximum Gasteiger partial charge on any atom is 0.151 e. The van der Waals surface area contributed by atoms with Gasteiger partial charge in [-0.2, -0.15) is 10.4 Å². The number of hydrogen-bond acceptors (Lipinski definition) is 7. The van der Waals surface area contributed by atoms with E-state index in [0.717, 1.165) is 38.2 Å². The minimum absolute atomic E-state index is 0.252. The number of nitriles is 1. The van der Waals surface area contributed by atoms with E-state index in [4.69, 9.17) is 5.26 Å². The smallest absolute Gasteiger partial charge is 0.151 e. The average Bonchev–Trinajstić information content (AvgIpc) is 3.34. The number of pyridine rings is 1. The van der Waals surface area contributed by atoms with Crippen LogP contribution in [-0.2, 0) is 0 Å². The Morgan fingerprint density at radius 1 is 1.10 bits per heavy atom. The first-order valence-electron chi connectivity index (χ1n) is 9.45. The van der Waals surface area contributed by atoms with Crippen molar-refractivity contribution in [3.8, 4) is 28.0 Å². The summed E-state index contributed by atoms with van der Waals surface area (Å²) in [4.78, 5) is 4.69. The molecule has 8 heteroatoms. The normalized spacial score (nSPS) is 11.3. The fraction of sp³-hybridized carbons (Fsp3) is 0.286. The highest BCUT2D eigenvalue weighted by atomic mass is 32.1. The molecule has 0 bridgehead atoms. The third kappa shape index (κ3) is 3.69. The van der Waals surface area contributed by atoms with Gasteiger partial charge in [-0.1, -0.05) is 25.2 Å². The van der Waals surface area contributed by atoms with Crippen molar-refractivity contribution >= 4 is 22.5 Å². The molecule has 0 spiro atoms. The lowest BCUT2D eigenvalue weighted by Crippen LogP contribution is -2.11. The second kappa shape index (κ2) is 7.60. The molecule has 0 amide bonds. The van der Waals surface area contributed by atoms with E-state index in [2.05, 4.69) is 59.4 Å². The Labute approximate surface area is 173 Å². The molecule has 4 aromatic heterocycles. The highest BCUT2D eigenvalue weighted by Gasteiger charge is 2.17. The van der Waals surface area contributed by atoms with E-state index in [-0.39, 0.29) is 6.04 Å². The molecule has 1 N–H and O–H groups in total. The second-order valence-corrected chi connectivity index (χ2v) is 8.43. The molecule has 0 aliphatic carbocycles. The molecule has 0 fully saturated rings. The van der Waals surface area contributed by atoms with Crippen LogP contribution in [0, 0.1) is 11.3 Å². The van der Waals surface area contributed by atoms with Gasteiger partial charge in [-0.3, -0.25) is 4.98 Å². The Balaban J connectivity index is 1.81. The lowest BCUT2D eigenvalue weighted by Gasteiger charge is -2.14. The van der Waals surface area contributed by atoms with Gasteiger partial charge in [0, 0.05) is 23.8 Å². The monoisotopic (exact) mass is 403 g/mol. The summed E-state index contributed by atoms with van der Waals surface area (Å²) >= 11 is 1.59. The fourth-order valence-electron chi connectivity index (χ4n) is 3.03. The molecule has 4 aromatic rings. The second-order valence-electron chi connectivity index (χ2n) is 7.43. The van der Waals surface area contributed by atoms with Crippen molar-refractivity contribution in [1.82, 2.24) is 24.8 Å². The Hall–Kier alpha value is -3.31. The van der Waals surface area contributed by atoms with Crippen molar-refractivity contribution < 1.29 is 0 Å². The number of anilines is 1. The summed E-state index contributed by atoms with van der Waals surface area (Å²) in [5, 5.41) is 27.5. The third-order valence-corrected chi connectivity index (χ3v) is 5.66. The Bertz CT molecular complexity index is 1210. The fourth-order valence-corrected chi connectivity index (χ4v) is 3.90. The van der Waals surface area contributed by atoms with Gasteiger partial charge in [-0.05, 0) is 38.1 Å². The van der Waals surface area contributed by atoms with Crippen LogP contribution in [-0.4, -0.2) is 30.8 Å². The molecule has 0 atom stereocenters. The lowest BCUT2D eigenvalue weighted by molar-refractivity contribution is 0.825. The van der Waals surface area contributed by atoms with Gasteiger partial charge in [0.15, 0.2) is 5.01 Å². The lowest BCUT2D eigenvalue weighted by atomic mass is 10.1. The largest absolute Gasteiger partial charge is 0.382 e. The van der Waals surface area contributed by atoms with Gasteiger partial charge in [-0.25, -0.2) is 4.52 Å². The molecule has 0 unspecified atom stereocenters. The number of hydrogen-bond donors (Lipinski definition) is 1. The molecule has 4 rings (SSSR count). The van der Waals surface area contributed by atoms with Crippen LogP contribution < -0.4 is 5.32 Å². The molecule has 0 saturated carbocycles. The van der Waals surface area contributed by atoms with E-state index >= 15 is 0 Å². The van der Waals surface area contributed by atoms with E-state index in [0.29, 0.717) is 11.5 Å². The summed E-state index contributed by atoms with van der Waals surface area (Å²) in [5.41, 5.74) is 4.94. The van der Waals surface area contributed by atoms with Crippen molar-refractivity contribution in [2.24, 2.45) is 0 Å².